The Morgan fingerprint density at radius 1 is 1.30 bits per heavy atom. The molecule has 20 heavy (non-hydrogen) atoms. The fourth-order valence-electron chi connectivity index (χ4n) is 1.63. The van der Waals surface area contributed by atoms with E-state index >= 15 is 0 Å². The topological polar surface area (TPSA) is 84.0 Å². The van der Waals surface area contributed by atoms with Crippen LogP contribution in [0.4, 0.5) is 0 Å². The molecule has 2 N–H and O–H groups in total. The third-order valence-corrected chi connectivity index (χ3v) is 3.08. The first-order chi connectivity index (χ1) is 9.54. The van der Waals surface area contributed by atoms with Gasteiger partial charge in [0.05, 0.1) is 0 Å². The largest absolute Gasteiger partial charge is 0.350 e. The van der Waals surface area contributed by atoms with Crippen molar-refractivity contribution in [3.8, 4) is 0 Å². The van der Waals surface area contributed by atoms with Gasteiger partial charge in [-0.25, -0.2) is 4.79 Å². The molecule has 1 aromatic heterocycles. The van der Waals surface area contributed by atoms with Crippen LogP contribution in [0.5, 0.6) is 0 Å². The zero-order valence-corrected chi connectivity index (χ0v) is 12.0. The van der Waals surface area contributed by atoms with E-state index in [0.717, 1.165) is 14.6 Å². The molecule has 1 heterocycles. The zero-order valence-electron chi connectivity index (χ0n) is 10.4. The van der Waals surface area contributed by atoms with Crippen LogP contribution in [0.1, 0.15) is 5.56 Å². The molecule has 7 heteroatoms. The molecule has 1 amide bonds. The van der Waals surface area contributed by atoms with Crippen LogP contribution in [0.3, 0.4) is 0 Å². The summed E-state index contributed by atoms with van der Waals surface area (Å²) in [6, 6.07) is 8.75. The highest BCUT2D eigenvalue weighted by molar-refractivity contribution is 9.10. The minimum atomic E-state index is -0.602. The number of aromatic nitrogens is 2. The molecule has 0 fully saturated rings. The number of rotatable bonds is 4. The first-order valence-corrected chi connectivity index (χ1v) is 6.65. The molecule has 0 spiro atoms. The standard InChI is InChI=1S/C13H12BrN3O3/c14-10-3-1-2-9(6-10)7-15-12(19)8-17-5-4-11(18)16-13(17)20/h1-6H,7-8H2,(H,15,19)(H,16,18,20). The van der Waals surface area contributed by atoms with Gasteiger partial charge in [-0.2, -0.15) is 0 Å². The first-order valence-electron chi connectivity index (χ1n) is 5.85. The van der Waals surface area contributed by atoms with Crippen molar-refractivity contribution in [2.45, 2.75) is 13.1 Å². The molecule has 0 saturated heterocycles. The SMILES string of the molecule is O=C(Cn1ccc(=O)[nH]c1=O)NCc1cccc(Br)c1. The Hall–Kier alpha value is -2.15. The van der Waals surface area contributed by atoms with Crippen molar-refractivity contribution in [3.05, 3.63) is 67.4 Å². The third-order valence-electron chi connectivity index (χ3n) is 2.59. The molecular formula is C13H12BrN3O3. The van der Waals surface area contributed by atoms with Gasteiger partial charge < -0.3 is 5.32 Å². The predicted molar refractivity (Wildman–Crippen MR) is 77.3 cm³/mol. The zero-order chi connectivity index (χ0) is 14.5. The maximum Gasteiger partial charge on any atom is 0.328 e. The molecule has 2 rings (SSSR count). The van der Waals surface area contributed by atoms with E-state index in [1.54, 1.807) is 0 Å². The molecule has 0 unspecified atom stereocenters. The Balaban J connectivity index is 1.96. The lowest BCUT2D eigenvalue weighted by Gasteiger charge is -2.07. The van der Waals surface area contributed by atoms with E-state index in [1.807, 2.05) is 24.3 Å². The van der Waals surface area contributed by atoms with Crippen LogP contribution in [-0.2, 0) is 17.9 Å². The maximum absolute atomic E-state index is 11.7. The smallest absolute Gasteiger partial charge is 0.328 e. The molecule has 0 atom stereocenters. The summed E-state index contributed by atoms with van der Waals surface area (Å²) >= 11 is 3.35. The average Bonchev–Trinajstić information content (AvgIpc) is 2.40. The highest BCUT2D eigenvalue weighted by Crippen LogP contribution is 2.11. The number of nitrogens with one attached hydrogen (secondary N) is 2. The number of carbonyl (C=O) groups excluding carboxylic acids is 1. The van der Waals surface area contributed by atoms with Crippen LogP contribution in [-0.4, -0.2) is 15.5 Å². The Morgan fingerprint density at radius 3 is 2.80 bits per heavy atom. The minimum absolute atomic E-state index is 0.135. The molecule has 2 aromatic rings. The molecule has 0 aliphatic carbocycles. The summed E-state index contributed by atoms with van der Waals surface area (Å²) in [5.41, 5.74) is -0.141. The summed E-state index contributed by atoms with van der Waals surface area (Å²) in [4.78, 5) is 36.1. The van der Waals surface area contributed by atoms with Gasteiger partial charge in [0.25, 0.3) is 5.56 Å². The summed E-state index contributed by atoms with van der Waals surface area (Å²) in [6.45, 7) is 0.236. The molecule has 1 aromatic carbocycles. The van der Waals surface area contributed by atoms with Crippen molar-refractivity contribution in [1.82, 2.24) is 14.9 Å². The molecule has 0 bridgehead atoms. The summed E-state index contributed by atoms with van der Waals surface area (Å²) in [5.74, 6) is -0.306. The monoisotopic (exact) mass is 337 g/mol. The number of H-pyrrole nitrogens is 1. The number of hydrogen-bond acceptors (Lipinski definition) is 3. The van der Waals surface area contributed by atoms with Gasteiger partial charge in [-0.1, -0.05) is 28.1 Å². The normalized spacial score (nSPS) is 10.2. The minimum Gasteiger partial charge on any atom is -0.350 e. The first kappa shape index (κ1) is 14.3. The Labute approximate surface area is 122 Å². The predicted octanol–water partition coefficient (Wildman–Crippen LogP) is 0.616. The quantitative estimate of drug-likeness (QED) is 0.857. The number of amides is 1. The van der Waals surface area contributed by atoms with E-state index in [-0.39, 0.29) is 12.5 Å². The van der Waals surface area contributed by atoms with Crippen molar-refractivity contribution in [2.24, 2.45) is 0 Å². The van der Waals surface area contributed by atoms with Crippen molar-refractivity contribution in [2.75, 3.05) is 0 Å². The van der Waals surface area contributed by atoms with E-state index in [2.05, 4.69) is 26.2 Å². The number of aromatic amines is 1. The molecule has 0 radical (unpaired) electrons. The maximum atomic E-state index is 11.7. The number of carbonyl (C=O) groups is 1. The van der Waals surface area contributed by atoms with Crippen LogP contribution < -0.4 is 16.6 Å². The molecule has 104 valence electrons. The Morgan fingerprint density at radius 2 is 2.10 bits per heavy atom. The Kier molecular flexibility index (Phi) is 4.52. The lowest BCUT2D eigenvalue weighted by atomic mass is 10.2. The number of halogens is 1. The highest BCUT2D eigenvalue weighted by atomic mass is 79.9. The van der Waals surface area contributed by atoms with E-state index < -0.39 is 11.2 Å². The van der Waals surface area contributed by atoms with E-state index in [0.29, 0.717) is 6.54 Å². The van der Waals surface area contributed by atoms with Crippen LogP contribution in [0.15, 0.2) is 50.6 Å². The van der Waals surface area contributed by atoms with Crippen LogP contribution >= 0.6 is 15.9 Å². The van der Waals surface area contributed by atoms with Crippen LogP contribution in [0.2, 0.25) is 0 Å². The number of hydrogen-bond donors (Lipinski definition) is 2. The second-order valence-corrected chi connectivity index (χ2v) is 5.06. The van der Waals surface area contributed by atoms with Gasteiger partial charge in [0.1, 0.15) is 6.54 Å². The van der Waals surface area contributed by atoms with Gasteiger partial charge in [0.15, 0.2) is 0 Å². The third kappa shape index (κ3) is 3.92. The van der Waals surface area contributed by atoms with E-state index in [4.69, 9.17) is 0 Å². The van der Waals surface area contributed by atoms with Gasteiger partial charge in [-0.05, 0) is 17.7 Å². The molecule has 6 nitrogen and oxygen atoms in total. The fraction of sp³-hybridized carbons (Fsp3) is 0.154. The molecule has 0 aliphatic heterocycles. The second kappa shape index (κ2) is 6.33. The van der Waals surface area contributed by atoms with Crippen molar-refractivity contribution < 1.29 is 4.79 Å². The van der Waals surface area contributed by atoms with E-state index in [1.165, 1.54) is 12.3 Å². The van der Waals surface area contributed by atoms with Crippen molar-refractivity contribution in [1.29, 1.82) is 0 Å². The average molecular weight is 338 g/mol. The summed E-state index contributed by atoms with van der Waals surface area (Å²) in [5, 5.41) is 2.70. The molecule has 0 saturated carbocycles. The fourth-order valence-corrected chi connectivity index (χ4v) is 2.07. The Bertz CT molecular complexity index is 736. The molecule has 0 aliphatic rings. The van der Waals surface area contributed by atoms with Gasteiger partial charge in [-0.15, -0.1) is 0 Å². The molecular weight excluding hydrogens is 326 g/mol. The van der Waals surface area contributed by atoms with Gasteiger partial charge in [0.2, 0.25) is 5.91 Å². The second-order valence-electron chi connectivity index (χ2n) is 4.14. The number of benzene rings is 1. The van der Waals surface area contributed by atoms with Gasteiger partial charge >= 0.3 is 5.69 Å². The van der Waals surface area contributed by atoms with E-state index in [9.17, 15) is 14.4 Å². The van der Waals surface area contributed by atoms with Crippen molar-refractivity contribution in [3.63, 3.8) is 0 Å². The highest BCUT2D eigenvalue weighted by Gasteiger charge is 2.04. The summed E-state index contributed by atoms with van der Waals surface area (Å²) < 4.78 is 2.07. The van der Waals surface area contributed by atoms with Crippen LogP contribution in [0.25, 0.3) is 0 Å². The van der Waals surface area contributed by atoms with Gasteiger partial charge in [-0.3, -0.25) is 19.1 Å². The van der Waals surface area contributed by atoms with Gasteiger partial charge in [0, 0.05) is 23.3 Å². The van der Waals surface area contributed by atoms with Crippen LogP contribution in [0, 0.1) is 0 Å². The summed E-state index contributed by atoms with van der Waals surface area (Å²) in [6.07, 6.45) is 1.29. The lowest BCUT2D eigenvalue weighted by molar-refractivity contribution is -0.121. The van der Waals surface area contributed by atoms with Crippen molar-refractivity contribution >= 4 is 21.8 Å². The summed E-state index contributed by atoms with van der Waals surface area (Å²) in [7, 11) is 0. The lowest BCUT2D eigenvalue weighted by Crippen LogP contribution is -2.35. The number of nitrogens with zero attached hydrogens (tertiary/aromatic N) is 1.